The van der Waals surface area contributed by atoms with Gasteiger partial charge in [0.2, 0.25) is 11.8 Å². The molecule has 0 aliphatic rings. The van der Waals surface area contributed by atoms with Crippen molar-refractivity contribution in [2.45, 2.75) is 43.8 Å². The van der Waals surface area contributed by atoms with Gasteiger partial charge in [-0.3, -0.25) is 13.9 Å². The Hall–Kier alpha value is -3.56. The monoisotopic (exact) mass is 671 g/mol. The number of anilines is 1. The molecule has 0 radical (unpaired) electrons. The minimum atomic E-state index is -4.28. The number of halogens is 3. The summed E-state index contributed by atoms with van der Waals surface area (Å²) in [5, 5.41) is 3.80. The van der Waals surface area contributed by atoms with E-state index in [0.717, 1.165) is 9.87 Å². The molecule has 4 aromatic carbocycles. The maximum Gasteiger partial charge on any atom is 0.264 e. The minimum Gasteiger partial charge on any atom is -0.352 e. The molecule has 44 heavy (non-hydrogen) atoms. The first-order chi connectivity index (χ1) is 21.0. The molecular weight excluding hydrogens is 641 g/mol. The molecule has 1 atom stereocenters. The van der Waals surface area contributed by atoms with Crippen LogP contribution in [0.4, 0.5) is 5.69 Å². The van der Waals surface area contributed by atoms with Crippen molar-refractivity contribution in [3.8, 4) is 0 Å². The molecular formula is C33H32Cl3N3O4S. The number of hydrogen-bond acceptors (Lipinski definition) is 4. The van der Waals surface area contributed by atoms with Crippen LogP contribution in [0, 0.1) is 0 Å². The predicted octanol–water partition coefficient (Wildman–Crippen LogP) is 7.01. The van der Waals surface area contributed by atoms with E-state index < -0.39 is 28.5 Å². The molecule has 4 aromatic rings. The number of rotatable bonds is 12. The second-order valence-electron chi connectivity index (χ2n) is 10.4. The van der Waals surface area contributed by atoms with E-state index in [1.807, 2.05) is 44.2 Å². The van der Waals surface area contributed by atoms with Gasteiger partial charge in [-0.1, -0.05) is 95.5 Å². The van der Waals surface area contributed by atoms with Crippen molar-refractivity contribution in [2.24, 2.45) is 0 Å². The molecule has 0 aliphatic carbocycles. The fourth-order valence-corrected chi connectivity index (χ4v) is 6.78. The molecule has 1 N–H and O–H groups in total. The fraction of sp³-hybridized carbons (Fsp3) is 0.212. The van der Waals surface area contributed by atoms with Crippen LogP contribution < -0.4 is 9.62 Å². The number of nitrogens with one attached hydrogen (secondary N) is 1. The summed E-state index contributed by atoms with van der Waals surface area (Å²) in [5.74, 6) is -0.974. The smallest absolute Gasteiger partial charge is 0.264 e. The Morgan fingerprint density at radius 2 is 1.36 bits per heavy atom. The van der Waals surface area contributed by atoms with Crippen molar-refractivity contribution in [1.29, 1.82) is 0 Å². The van der Waals surface area contributed by atoms with Crippen LogP contribution in [0.5, 0.6) is 0 Å². The van der Waals surface area contributed by atoms with Gasteiger partial charge in [0, 0.05) is 29.1 Å². The molecule has 0 fully saturated rings. The Kier molecular flexibility index (Phi) is 11.3. The maximum absolute atomic E-state index is 14.4. The molecule has 0 spiro atoms. The van der Waals surface area contributed by atoms with Crippen LogP contribution in [-0.4, -0.2) is 43.8 Å². The molecule has 0 heterocycles. The van der Waals surface area contributed by atoms with Gasteiger partial charge in [-0.2, -0.15) is 0 Å². The molecule has 0 aliphatic heterocycles. The third-order valence-corrected chi connectivity index (χ3v) is 9.32. The van der Waals surface area contributed by atoms with Crippen LogP contribution in [0.3, 0.4) is 0 Å². The van der Waals surface area contributed by atoms with Crippen molar-refractivity contribution in [3.05, 3.63) is 129 Å². The Morgan fingerprint density at radius 1 is 0.773 bits per heavy atom. The van der Waals surface area contributed by atoms with Crippen molar-refractivity contribution in [2.75, 3.05) is 10.8 Å². The first-order valence-electron chi connectivity index (χ1n) is 13.9. The van der Waals surface area contributed by atoms with Gasteiger partial charge in [0.25, 0.3) is 10.0 Å². The molecule has 0 aromatic heterocycles. The van der Waals surface area contributed by atoms with Crippen LogP contribution in [0.1, 0.15) is 25.0 Å². The lowest BCUT2D eigenvalue weighted by molar-refractivity contribution is -0.140. The maximum atomic E-state index is 14.4. The van der Waals surface area contributed by atoms with Crippen molar-refractivity contribution < 1.29 is 18.0 Å². The van der Waals surface area contributed by atoms with Crippen LogP contribution in [0.25, 0.3) is 0 Å². The highest BCUT2D eigenvalue weighted by Gasteiger charge is 2.35. The van der Waals surface area contributed by atoms with E-state index in [1.54, 1.807) is 42.5 Å². The highest BCUT2D eigenvalue weighted by Crippen LogP contribution is 2.33. The average Bonchev–Trinajstić information content (AvgIpc) is 2.99. The van der Waals surface area contributed by atoms with Gasteiger partial charge in [0.15, 0.2) is 0 Å². The molecule has 7 nitrogen and oxygen atoms in total. The minimum absolute atomic E-state index is 0.0204. The normalized spacial score (nSPS) is 12.0. The summed E-state index contributed by atoms with van der Waals surface area (Å²) in [6.07, 6.45) is 0.200. The van der Waals surface area contributed by atoms with Crippen LogP contribution >= 0.6 is 34.8 Å². The van der Waals surface area contributed by atoms with E-state index in [2.05, 4.69) is 5.32 Å². The lowest BCUT2D eigenvalue weighted by Crippen LogP contribution is -2.54. The standard InChI is InChI=1S/C33H32Cl3N3O4S/c1-23(2)37-33(41)31(19-24-9-5-3-6-10-24)38(21-25-13-15-26(34)16-14-25)32(40)22-39(30-18-17-27(35)20-29(30)36)44(42,43)28-11-7-4-8-12-28/h3-18,20,23,31H,19,21-22H2,1-2H3,(H,37,41)/t31-/m1/s1. The zero-order valence-electron chi connectivity index (χ0n) is 24.2. The molecule has 0 unspecified atom stereocenters. The summed E-state index contributed by atoms with van der Waals surface area (Å²) in [6.45, 7) is 3.05. The summed E-state index contributed by atoms with van der Waals surface area (Å²) >= 11 is 18.8. The van der Waals surface area contributed by atoms with Crippen molar-refractivity contribution in [1.82, 2.24) is 10.2 Å². The first kappa shape index (κ1) is 33.3. The Bertz CT molecular complexity index is 1690. The topological polar surface area (TPSA) is 86.8 Å². The van der Waals surface area contributed by atoms with E-state index >= 15 is 0 Å². The lowest BCUT2D eigenvalue weighted by Gasteiger charge is -2.34. The summed E-state index contributed by atoms with van der Waals surface area (Å²) in [7, 11) is -4.28. The van der Waals surface area contributed by atoms with Crippen molar-refractivity contribution >= 4 is 62.3 Å². The average molecular weight is 673 g/mol. The SMILES string of the molecule is CC(C)NC(=O)[C@@H](Cc1ccccc1)N(Cc1ccc(Cl)cc1)C(=O)CN(c1ccc(Cl)cc1Cl)S(=O)(=O)c1ccccc1. The summed E-state index contributed by atoms with van der Waals surface area (Å²) in [6, 6.07) is 27.2. The number of carbonyl (C=O) groups is 2. The van der Waals surface area contributed by atoms with Crippen LogP contribution in [-0.2, 0) is 32.6 Å². The molecule has 230 valence electrons. The Balaban J connectivity index is 1.82. The summed E-state index contributed by atoms with van der Waals surface area (Å²) in [5.41, 5.74) is 1.62. The van der Waals surface area contributed by atoms with Gasteiger partial charge in [0.1, 0.15) is 12.6 Å². The number of carbonyl (C=O) groups excluding carboxylic acids is 2. The van der Waals surface area contributed by atoms with Gasteiger partial charge in [-0.05, 0) is 67.4 Å². The van der Waals surface area contributed by atoms with Gasteiger partial charge in [0.05, 0.1) is 15.6 Å². The zero-order chi connectivity index (χ0) is 31.9. The fourth-order valence-electron chi connectivity index (χ4n) is 4.64. The quantitative estimate of drug-likeness (QED) is 0.176. The van der Waals surface area contributed by atoms with Gasteiger partial charge in [-0.15, -0.1) is 0 Å². The third-order valence-electron chi connectivity index (χ3n) is 6.76. The van der Waals surface area contributed by atoms with Crippen molar-refractivity contribution in [3.63, 3.8) is 0 Å². The van der Waals surface area contributed by atoms with Crippen LogP contribution in [0.2, 0.25) is 15.1 Å². The van der Waals surface area contributed by atoms with Crippen LogP contribution in [0.15, 0.2) is 108 Å². The van der Waals surface area contributed by atoms with Gasteiger partial charge >= 0.3 is 0 Å². The summed E-state index contributed by atoms with van der Waals surface area (Å²) in [4.78, 5) is 29.5. The highest BCUT2D eigenvalue weighted by molar-refractivity contribution is 7.92. The van der Waals surface area contributed by atoms with E-state index in [-0.39, 0.29) is 40.5 Å². The molecule has 11 heteroatoms. The highest BCUT2D eigenvalue weighted by atomic mass is 35.5. The Labute approximate surface area is 273 Å². The summed E-state index contributed by atoms with van der Waals surface area (Å²) < 4.78 is 29.0. The number of amides is 2. The van der Waals surface area contributed by atoms with E-state index in [9.17, 15) is 18.0 Å². The third kappa shape index (κ3) is 8.54. The second kappa shape index (κ2) is 14.9. The van der Waals surface area contributed by atoms with E-state index in [1.165, 1.54) is 35.2 Å². The van der Waals surface area contributed by atoms with Gasteiger partial charge in [-0.25, -0.2) is 8.42 Å². The largest absolute Gasteiger partial charge is 0.352 e. The van der Waals surface area contributed by atoms with Gasteiger partial charge < -0.3 is 10.2 Å². The zero-order valence-corrected chi connectivity index (χ0v) is 27.2. The number of benzene rings is 4. The Morgan fingerprint density at radius 3 is 1.95 bits per heavy atom. The molecule has 2 amide bonds. The molecule has 0 bridgehead atoms. The molecule has 4 rings (SSSR count). The second-order valence-corrected chi connectivity index (χ2v) is 13.6. The number of hydrogen-bond donors (Lipinski definition) is 1. The number of sulfonamides is 1. The predicted molar refractivity (Wildman–Crippen MR) is 177 cm³/mol. The first-order valence-corrected chi connectivity index (χ1v) is 16.4. The lowest BCUT2D eigenvalue weighted by atomic mass is 10.0. The molecule has 0 saturated carbocycles. The number of nitrogens with zero attached hydrogens (tertiary/aromatic N) is 2. The van der Waals surface area contributed by atoms with E-state index in [4.69, 9.17) is 34.8 Å². The van der Waals surface area contributed by atoms with E-state index in [0.29, 0.717) is 15.6 Å². The molecule has 0 saturated heterocycles.